The molecular formula is C13H17F2NO3S. The zero-order chi connectivity index (χ0) is 14.9. The molecule has 1 heterocycles. The summed E-state index contributed by atoms with van der Waals surface area (Å²) >= 11 is 0. The van der Waals surface area contributed by atoms with Crippen LogP contribution in [0.2, 0.25) is 0 Å². The predicted octanol–water partition coefficient (Wildman–Crippen LogP) is 1.75. The Bertz CT molecular complexity index is 571. The Morgan fingerprint density at radius 2 is 1.95 bits per heavy atom. The second kappa shape index (κ2) is 5.75. The third kappa shape index (κ3) is 2.57. The first kappa shape index (κ1) is 15.3. The average molecular weight is 305 g/mol. The van der Waals surface area contributed by atoms with Crippen LogP contribution in [0.5, 0.6) is 0 Å². The topological polar surface area (TPSA) is 57.6 Å². The smallest absolute Gasteiger partial charge is 0.249 e. The Morgan fingerprint density at radius 3 is 2.50 bits per heavy atom. The summed E-state index contributed by atoms with van der Waals surface area (Å²) in [7, 11) is -4.29. The van der Waals surface area contributed by atoms with E-state index in [0.717, 1.165) is 28.9 Å². The van der Waals surface area contributed by atoms with Gasteiger partial charge in [0.15, 0.2) is 4.90 Å². The van der Waals surface area contributed by atoms with Crippen molar-refractivity contribution in [2.45, 2.75) is 30.7 Å². The van der Waals surface area contributed by atoms with Crippen molar-refractivity contribution in [3.05, 3.63) is 29.8 Å². The van der Waals surface area contributed by atoms with Gasteiger partial charge in [-0.15, -0.1) is 0 Å². The van der Waals surface area contributed by atoms with Gasteiger partial charge in [0.1, 0.15) is 11.6 Å². The quantitative estimate of drug-likeness (QED) is 0.925. The van der Waals surface area contributed by atoms with E-state index < -0.39 is 32.6 Å². The molecular weight excluding hydrogens is 288 g/mol. The van der Waals surface area contributed by atoms with Crippen LogP contribution in [0.4, 0.5) is 8.78 Å². The van der Waals surface area contributed by atoms with Crippen LogP contribution in [0.3, 0.4) is 0 Å². The highest BCUT2D eigenvalue weighted by molar-refractivity contribution is 7.89. The van der Waals surface area contributed by atoms with E-state index in [9.17, 15) is 22.3 Å². The molecule has 1 fully saturated rings. The normalized spacial score (nSPS) is 24.8. The maximum atomic E-state index is 13.7. The third-order valence-corrected chi connectivity index (χ3v) is 5.71. The first-order valence-electron chi connectivity index (χ1n) is 6.46. The van der Waals surface area contributed by atoms with Gasteiger partial charge >= 0.3 is 0 Å². The maximum absolute atomic E-state index is 13.7. The van der Waals surface area contributed by atoms with E-state index in [4.69, 9.17) is 0 Å². The molecule has 1 aliphatic heterocycles. The van der Waals surface area contributed by atoms with Gasteiger partial charge in [0.25, 0.3) is 0 Å². The second-order valence-corrected chi connectivity index (χ2v) is 6.86. The van der Waals surface area contributed by atoms with Crippen molar-refractivity contribution >= 4 is 10.0 Å². The number of aliphatic hydroxyl groups excluding tert-OH is 1. The average Bonchev–Trinajstić information content (AvgIpc) is 2.37. The summed E-state index contributed by atoms with van der Waals surface area (Å²) in [6.07, 6.45) is 1.38. The molecule has 1 saturated heterocycles. The Kier molecular flexibility index (Phi) is 4.41. The van der Waals surface area contributed by atoms with Crippen molar-refractivity contribution in [2.75, 3.05) is 13.2 Å². The van der Waals surface area contributed by atoms with E-state index in [1.807, 2.05) is 6.92 Å². The van der Waals surface area contributed by atoms with E-state index in [2.05, 4.69) is 0 Å². The zero-order valence-corrected chi connectivity index (χ0v) is 11.9. The molecule has 7 heteroatoms. The number of hydrogen-bond donors (Lipinski definition) is 1. The van der Waals surface area contributed by atoms with Crippen LogP contribution in [0.15, 0.2) is 23.1 Å². The van der Waals surface area contributed by atoms with Crippen molar-refractivity contribution in [1.29, 1.82) is 0 Å². The predicted molar refractivity (Wildman–Crippen MR) is 69.5 cm³/mol. The first-order valence-corrected chi connectivity index (χ1v) is 7.90. The summed E-state index contributed by atoms with van der Waals surface area (Å²) in [6.45, 7) is 1.61. The van der Waals surface area contributed by atoms with E-state index in [-0.39, 0.29) is 19.1 Å². The van der Waals surface area contributed by atoms with Gasteiger partial charge in [0.2, 0.25) is 10.0 Å². The van der Waals surface area contributed by atoms with Gasteiger partial charge in [-0.2, -0.15) is 4.31 Å². The molecule has 2 unspecified atom stereocenters. The number of nitrogens with zero attached hydrogens (tertiary/aromatic N) is 1. The number of piperidine rings is 1. The van der Waals surface area contributed by atoms with Crippen LogP contribution in [0.1, 0.15) is 19.8 Å². The molecule has 0 aromatic heterocycles. The molecule has 0 spiro atoms. The first-order chi connectivity index (χ1) is 9.39. The van der Waals surface area contributed by atoms with Gasteiger partial charge < -0.3 is 5.11 Å². The molecule has 1 aromatic carbocycles. The highest BCUT2D eigenvalue weighted by Gasteiger charge is 2.39. The Balaban J connectivity index is 2.49. The minimum absolute atomic E-state index is 0.0571. The fourth-order valence-corrected chi connectivity index (χ4v) is 4.49. The Labute approximate surface area is 117 Å². The van der Waals surface area contributed by atoms with Crippen LogP contribution >= 0.6 is 0 Å². The molecule has 1 aliphatic rings. The largest absolute Gasteiger partial charge is 0.395 e. The lowest BCUT2D eigenvalue weighted by Gasteiger charge is -2.37. The molecule has 4 nitrogen and oxygen atoms in total. The Morgan fingerprint density at radius 1 is 1.35 bits per heavy atom. The summed E-state index contributed by atoms with van der Waals surface area (Å²) in [5.74, 6) is -2.28. The van der Waals surface area contributed by atoms with Gasteiger partial charge in [-0.1, -0.05) is 13.0 Å². The standard InChI is InChI=1S/C13H17F2NO3S/c1-9-4-3-7-16(12(9)8-17)20(18,19)13-10(14)5-2-6-11(13)15/h2,5-6,9,12,17H,3-4,7-8H2,1H3. The minimum atomic E-state index is -4.29. The van der Waals surface area contributed by atoms with Crippen LogP contribution < -0.4 is 0 Å². The summed E-state index contributed by atoms with van der Waals surface area (Å²) in [5, 5.41) is 9.39. The van der Waals surface area contributed by atoms with Crippen LogP contribution in [0.25, 0.3) is 0 Å². The number of halogens is 2. The Hall–Kier alpha value is -1.05. The molecule has 20 heavy (non-hydrogen) atoms. The fraction of sp³-hybridized carbons (Fsp3) is 0.538. The van der Waals surface area contributed by atoms with Crippen molar-refractivity contribution in [3.8, 4) is 0 Å². The summed E-state index contributed by atoms with van der Waals surface area (Å²) in [4.78, 5) is -0.937. The number of benzene rings is 1. The van der Waals surface area contributed by atoms with E-state index in [0.29, 0.717) is 6.42 Å². The molecule has 1 aromatic rings. The van der Waals surface area contributed by atoms with Crippen molar-refractivity contribution in [2.24, 2.45) is 5.92 Å². The fourth-order valence-electron chi connectivity index (χ4n) is 2.63. The third-order valence-electron chi connectivity index (χ3n) is 3.74. The molecule has 0 saturated carbocycles. The lowest BCUT2D eigenvalue weighted by molar-refractivity contribution is 0.113. The van der Waals surface area contributed by atoms with Gasteiger partial charge in [0.05, 0.1) is 12.6 Å². The second-order valence-electron chi connectivity index (χ2n) is 5.04. The van der Waals surface area contributed by atoms with Gasteiger partial charge in [-0.3, -0.25) is 0 Å². The monoisotopic (exact) mass is 305 g/mol. The van der Waals surface area contributed by atoms with E-state index in [1.54, 1.807) is 0 Å². The molecule has 2 rings (SSSR count). The van der Waals surface area contributed by atoms with Crippen LogP contribution in [-0.4, -0.2) is 37.0 Å². The van der Waals surface area contributed by atoms with Gasteiger partial charge in [-0.05, 0) is 30.9 Å². The van der Waals surface area contributed by atoms with Crippen molar-refractivity contribution < 1.29 is 22.3 Å². The molecule has 0 bridgehead atoms. The maximum Gasteiger partial charge on any atom is 0.249 e. The molecule has 0 radical (unpaired) electrons. The summed E-state index contributed by atoms with van der Waals surface area (Å²) in [6, 6.07) is 2.30. The van der Waals surface area contributed by atoms with Gasteiger partial charge in [-0.25, -0.2) is 17.2 Å². The minimum Gasteiger partial charge on any atom is -0.395 e. The number of sulfonamides is 1. The molecule has 0 aliphatic carbocycles. The van der Waals surface area contributed by atoms with Crippen LogP contribution in [0, 0.1) is 17.6 Å². The van der Waals surface area contributed by atoms with Crippen molar-refractivity contribution in [3.63, 3.8) is 0 Å². The number of hydrogen-bond acceptors (Lipinski definition) is 3. The van der Waals surface area contributed by atoms with Crippen molar-refractivity contribution in [1.82, 2.24) is 4.31 Å². The lowest BCUT2D eigenvalue weighted by Crippen LogP contribution is -2.49. The summed E-state index contributed by atoms with van der Waals surface area (Å²) < 4.78 is 53.4. The number of aliphatic hydroxyl groups is 1. The molecule has 2 atom stereocenters. The molecule has 0 amide bonds. The molecule has 1 N–H and O–H groups in total. The lowest BCUT2D eigenvalue weighted by atomic mass is 9.93. The summed E-state index contributed by atoms with van der Waals surface area (Å²) in [5.41, 5.74) is 0. The number of rotatable bonds is 3. The molecule has 112 valence electrons. The van der Waals surface area contributed by atoms with Gasteiger partial charge in [0, 0.05) is 6.54 Å². The van der Waals surface area contributed by atoms with Crippen LogP contribution in [-0.2, 0) is 10.0 Å². The zero-order valence-electron chi connectivity index (χ0n) is 11.1. The van der Waals surface area contributed by atoms with E-state index in [1.165, 1.54) is 0 Å². The highest BCUT2D eigenvalue weighted by atomic mass is 32.2. The highest BCUT2D eigenvalue weighted by Crippen LogP contribution is 2.30. The van der Waals surface area contributed by atoms with E-state index >= 15 is 0 Å². The SMILES string of the molecule is CC1CCCN(S(=O)(=O)c2c(F)cccc2F)C1CO.